The lowest BCUT2D eigenvalue weighted by atomic mass is 10.1. The highest BCUT2D eigenvalue weighted by Gasteiger charge is 2.26. The van der Waals surface area contributed by atoms with Gasteiger partial charge in [0.15, 0.2) is 5.70 Å². The Morgan fingerprint density at radius 1 is 1.07 bits per heavy atom. The van der Waals surface area contributed by atoms with Crippen molar-refractivity contribution in [2.75, 3.05) is 14.1 Å². The first-order chi connectivity index (χ1) is 13.8. The van der Waals surface area contributed by atoms with E-state index < -0.39 is 16.2 Å². The van der Waals surface area contributed by atoms with Crippen LogP contribution in [0, 0.1) is 6.92 Å². The van der Waals surface area contributed by atoms with Crippen molar-refractivity contribution in [2.45, 2.75) is 6.92 Å². The summed E-state index contributed by atoms with van der Waals surface area (Å²) in [5, 5.41) is 0.692. The summed E-state index contributed by atoms with van der Waals surface area (Å²) in [7, 11) is -0.785. The van der Waals surface area contributed by atoms with Crippen molar-refractivity contribution >= 4 is 39.1 Å². The molecule has 1 aromatic heterocycles. The minimum Gasteiger partial charge on any atom is -0.402 e. The van der Waals surface area contributed by atoms with Gasteiger partial charge in [-0.2, -0.15) is 12.7 Å². The first-order valence-corrected chi connectivity index (χ1v) is 10.3. The molecule has 3 aromatic rings. The summed E-state index contributed by atoms with van der Waals surface area (Å²) in [6.07, 6.45) is 3.03. The van der Waals surface area contributed by atoms with E-state index in [-0.39, 0.29) is 11.6 Å². The van der Waals surface area contributed by atoms with Crippen LogP contribution >= 0.6 is 0 Å². The second kappa shape index (κ2) is 6.98. The third-order valence-corrected chi connectivity index (χ3v) is 6.35. The number of carbonyl (C=O) groups excluding carboxylic acids is 1. The molecule has 0 radical (unpaired) electrons. The number of aryl methyl sites for hydroxylation is 1. The molecule has 2 heterocycles. The fraction of sp³-hybridized carbons (Fsp3) is 0.143. The molecule has 0 amide bonds. The molecule has 0 fully saturated rings. The predicted octanol–water partition coefficient (Wildman–Crippen LogP) is 2.95. The van der Waals surface area contributed by atoms with Crippen LogP contribution in [0.5, 0.6) is 0 Å². The van der Waals surface area contributed by atoms with Crippen molar-refractivity contribution in [3.05, 3.63) is 77.1 Å². The first-order valence-electron chi connectivity index (χ1n) is 8.90. The van der Waals surface area contributed by atoms with E-state index in [1.54, 1.807) is 24.3 Å². The number of hydrogen-bond acceptors (Lipinski definition) is 5. The fourth-order valence-electron chi connectivity index (χ4n) is 3.03. The lowest BCUT2D eigenvalue weighted by Gasteiger charge is -2.12. The fourth-order valence-corrected chi connectivity index (χ4v) is 4.04. The van der Waals surface area contributed by atoms with Gasteiger partial charge in [-0.25, -0.2) is 13.8 Å². The summed E-state index contributed by atoms with van der Waals surface area (Å²) in [5.41, 5.74) is 2.98. The van der Waals surface area contributed by atoms with Crippen LogP contribution in [0.3, 0.4) is 0 Å². The second-order valence-electron chi connectivity index (χ2n) is 6.89. The van der Waals surface area contributed by atoms with Crippen LogP contribution in [0.4, 0.5) is 0 Å². The number of fused-ring (bicyclic) bond motifs is 1. The van der Waals surface area contributed by atoms with Crippen LogP contribution in [0.15, 0.2) is 65.4 Å². The number of esters is 1. The number of carbonyl (C=O) groups is 1. The Kier molecular flexibility index (Phi) is 4.60. The first kappa shape index (κ1) is 19.1. The zero-order valence-corrected chi connectivity index (χ0v) is 17.0. The van der Waals surface area contributed by atoms with Gasteiger partial charge in [-0.3, -0.25) is 0 Å². The molecular formula is C21H19N3O4S. The molecule has 0 unspecified atom stereocenters. The smallest absolute Gasteiger partial charge is 0.363 e. The molecular weight excluding hydrogens is 390 g/mol. The van der Waals surface area contributed by atoms with E-state index in [1.807, 2.05) is 37.3 Å². The van der Waals surface area contributed by atoms with Gasteiger partial charge in [0.1, 0.15) is 0 Å². The number of aliphatic imine (C=N–C) groups is 1. The van der Waals surface area contributed by atoms with Crippen LogP contribution < -0.4 is 0 Å². The highest BCUT2D eigenvalue weighted by Crippen LogP contribution is 2.27. The third kappa shape index (κ3) is 3.37. The van der Waals surface area contributed by atoms with E-state index in [2.05, 4.69) is 4.99 Å². The molecule has 148 valence electrons. The van der Waals surface area contributed by atoms with Gasteiger partial charge in [0.25, 0.3) is 0 Å². The number of cyclic esters (lactones) is 1. The number of nitrogens with zero attached hydrogens (tertiary/aromatic N) is 3. The van der Waals surface area contributed by atoms with Crippen LogP contribution in [0.1, 0.15) is 16.7 Å². The van der Waals surface area contributed by atoms with Crippen molar-refractivity contribution < 1.29 is 17.9 Å². The highest BCUT2D eigenvalue weighted by molar-refractivity contribution is 7.87. The average molecular weight is 409 g/mol. The summed E-state index contributed by atoms with van der Waals surface area (Å²) in [6, 6.07) is 14.6. The second-order valence-corrected chi connectivity index (χ2v) is 8.91. The quantitative estimate of drug-likeness (QED) is 0.490. The van der Waals surface area contributed by atoms with Crippen molar-refractivity contribution in [3.8, 4) is 0 Å². The molecule has 1 aliphatic heterocycles. The van der Waals surface area contributed by atoms with Crippen LogP contribution in [-0.4, -0.2) is 42.7 Å². The predicted molar refractivity (Wildman–Crippen MR) is 112 cm³/mol. The summed E-state index contributed by atoms with van der Waals surface area (Å²) in [6.45, 7) is 1.97. The molecule has 7 nitrogen and oxygen atoms in total. The molecule has 0 saturated heterocycles. The molecule has 4 rings (SSSR count). The molecule has 0 bridgehead atoms. The molecule has 0 saturated carbocycles. The Hall–Kier alpha value is -3.23. The third-order valence-electron chi connectivity index (χ3n) is 4.63. The van der Waals surface area contributed by atoms with E-state index in [4.69, 9.17) is 4.74 Å². The molecule has 2 aromatic carbocycles. The van der Waals surface area contributed by atoms with E-state index in [0.717, 1.165) is 9.87 Å². The Morgan fingerprint density at radius 3 is 2.45 bits per heavy atom. The van der Waals surface area contributed by atoms with Gasteiger partial charge >= 0.3 is 16.2 Å². The zero-order valence-electron chi connectivity index (χ0n) is 16.2. The van der Waals surface area contributed by atoms with Gasteiger partial charge in [-0.1, -0.05) is 35.9 Å². The monoisotopic (exact) mass is 409 g/mol. The average Bonchev–Trinajstić information content (AvgIpc) is 3.24. The summed E-state index contributed by atoms with van der Waals surface area (Å²) in [5.74, 6) is -0.348. The van der Waals surface area contributed by atoms with Gasteiger partial charge in [-0.05, 0) is 31.2 Å². The number of ether oxygens (including phenoxy) is 1. The topological polar surface area (TPSA) is 81.0 Å². The molecule has 0 aliphatic carbocycles. The highest BCUT2D eigenvalue weighted by atomic mass is 32.2. The van der Waals surface area contributed by atoms with Crippen molar-refractivity contribution in [1.82, 2.24) is 8.28 Å². The van der Waals surface area contributed by atoms with Crippen LogP contribution in [-0.2, 0) is 19.7 Å². The number of rotatable bonds is 4. The Balaban J connectivity index is 1.82. The molecule has 0 spiro atoms. The Bertz CT molecular complexity index is 1280. The van der Waals surface area contributed by atoms with Crippen molar-refractivity contribution in [2.24, 2.45) is 4.99 Å². The molecule has 29 heavy (non-hydrogen) atoms. The Labute approximate surface area is 168 Å². The van der Waals surface area contributed by atoms with E-state index >= 15 is 0 Å². The maximum absolute atomic E-state index is 12.7. The van der Waals surface area contributed by atoms with Crippen LogP contribution in [0.25, 0.3) is 17.0 Å². The molecule has 0 N–H and O–H groups in total. The molecule has 8 heteroatoms. The number of benzene rings is 2. The standard InChI is InChI=1S/C21H19N3O4S/c1-14-8-10-15(11-9-14)20-22-18(21(25)28-20)12-16-13-24(29(26,27)23(2)3)19-7-5-4-6-17(16)19/h4-13H,1-3H3. The molecule has 0 atom stereocenters. The van der Waals surface area contributed by atoms with Crippen molar-refractivity contribution in [1.29, 1.82) is 0 Å². The minimum atomic E-state index is -3.72. The van der Waals surface area contributed by atoms with Crippen molar-refractivity contribution in [3.63, 3.8) is 0 Å². The Morgan fingerprint density at radius 2 is 1.76 bits per heavy atom. The zero-order chi connectivity index (χ0) is 20.8. The number of aromatic nitrogens is 1. The maximum Gasteiger partial charge on any atom is 0.363 e. The van der Waals surface area contributed by atoms with E-state index in [0.29, 0.717) is 22.0 Å². The lowest BCUT2D eigenvalue weighted by molar-refractivity contribution is -0.129. The summed E-state index contributed by atoms with van der Waals surface area (Å²) >= 11 is 0. The SMILES string of the molecule is Cc1ccc(C2=NC(=Cc3cn(S(=O)(=O)N(C)C)c4ccccc34)C(=O)O2)cc1. The normalized spacial score (nSPS) is 15.9. The molecule has 1 aliphatic rings. The van der Waals surface area contributed by atoms with Gasteiger partial charge in [0.2, 0.25) is 5.90 Å². The lowest BCUT2D eigenvalue weighted by Crippen LogP contribution is -2.28. The van der Waals surface area contributed by atoms with E-state index in [1.165, 1.54) is 24.3 Å². The van der Waals surface area contributed by atoms with Gasteiger partial charge in [0, 0.05) is 36.8 Å². The van der Waals surface area contributed by atoms with Gasteiger partial charge in [0.05, 0.1) is 5.52 Å². The van der Waals surface area contributed by atoms with Crippen LogP contribution in [0.2, 0.25) is 0 Å². The summed E-state index contributed by atoms with van der Waals surface area (Å²) in [4.78, 5) is 16.7. The van der Waals surface area contributed by atoms with Gasteiger partial charge < -0.3 is 4.74 Å². The number of para-hydroxylation sites is 1. The van der Waals surface area contributed by atoms with E-state index in [9.17, 15) is 13.2 Å². The minimum absolute atomic E-state index is 0.116. The summed E-state index contributed by atoms with van der Waals surface area (Å²) < 4.78 is 33.0. The van der Waals surface area contributed by atoms with Gasteiger partial charge in [-0.15, -0.1) is 0 Å². The maximum atomic E-state index is 12.7. The number of hydrogen-bond donors (Lipinski definition) is 0. The largest absolute Gasteiger partial charge is 0.402 e.